The van der Waals surface area contributed by atoms with Gasteiger partial charge in [-0.1, -0.05) is 30.3 Å². The van der Waals surface area contributed by atoms with E-state index in [1.807, 2.05) is 0 Å². The molecule has 0 spiro atoms. The minimum Gasteiger partial charge on any atom is -0.354 e. The molecule has 2 aromatic carbocycles. The summed E-state index contributed by atoms with van der Waals surface area (Å²) < 4.78 is 0. The average molecular weight is 432 g/mol. The van der Waals surface area contributed by atoms with Crippen LogP contribution < -0.4 is 0 Å². The van der Waals surface area contributed by atoms with Gasteiger partial charge in [-0.05, 0) is 45.1 Å². The Morgan fingerprint density at radius 1 is 0.926 bits per heavy atom. The van der Waals surface area contributed by atoms with Crippen LogP contribution in [0.3, 0.4) is 0 Å². The third-order valence-electron chi connectivity index (χ3n) is 5.10. The third-order valence-corrected chi connectivity index (χ3v) is 5.10. The van der Waals surface area contributed by atoms with Gasteiger partial charge >= 0.3 is 0 Å². The van der Waals surface area contributed by atoms with Crippen molar-refractivity contribution in [3.63, 3.8) is 0 Å². The van der Waals surface area contributed by atoms with Crippen molar-refractivity contribution in [1.82, 2.24) is 14.7 Å². The van der Waals surface area contributed by atoms with E-state index in [0.717, 1.165) is 31.9 Å². The predicted octanol–water partition coefficient (Wildman–Crippen LogP) is 4.07. The van der Waals surface area contributed by atoms with Crippen LogP contribution in [-0.4, -0.2) is 73.9 Å². The molecular weight excluding hydrogens is 403 g/mol. The van der Waals surface area contributed by atoms with E-state index in [-0.39, 0.29) is 37.2 Å². The molecule has 7 heteroatoms. The number of hydrogen-bond acceptors (Lipinski definition) is 4. The van der Waals surface area contributed by atoms with Crippen LogP contribution in [0.5, 0.6) is 0 Å². The summed E-state index contributed by atoms with van der Waals surface area (Å²) in [7, 11) is 4.29. The Morgan fingerprint density at radius 2 is 1.59 bits per heavy atom. The Bertz CT molecular complexity index is 766. The maximum atomic E-state index is 4.95. The fourth-order valence-electron chi connectivity index (χ4n) is 3.81. The normalized spacial score (nSPS) is 15.8. The van der Waals surface area contributed by atoms with Crippen LogP contribution in [-0.2, 0) is 0 Å². The smallest absolute Gasteiger partial charge is 0.137 e. The molecule has 1 saturated heterocycles. The molecule has 0 aliphatic carbocycles. The van der Waals surface area contributed by atoms with E-state index in [4.69, 9.17) is 4.99 Å². The van der Waals surface area contributed by atoms with Crippen LogP contribution in [0.25, 0.3) is 10.8 Å². The van der Waals surface area contributed by atoms with Gasteiger partial charge in [0.1, 0.15) is 5.84 Å². The first-order valence-corrected chi connectivity index (χ1v) is 8.95. The second kappa shape index (κ2) is 10.5. The molecule has 0 saturated carbocycles. The molecule has 0 aromatic heterocycles. The molecule has 2 heterocycles. The van der Waals surface area contributed by atoms with E-state index in [2.05, 4.69) is 65.2 Å². The minimum atomic E-state index is 0. The van der Waals surface area contributed by atoms with E-state index in [1.165, 1.54) is 41.7 Å². The van der Waals surface area contributed by atoms with Gasteiger partial charge in [-0.3, -0.25) is 4.90 Å². The zero-order chi connectivity index (χ0) is 16.5. The minimum absolute atomic E-state index is 0. The molecule has 27 heavy (non-hydrogen) atoms. The van der Waals surface area contributed by atoms with E-state index < -0.39 is 0 Å². The van der Waals surface area contributed by atoms with Crippen molar-refractivity contribution in [2.24, 2.45) is 4.99 Å². The van der Waals surface area contributed by atoms with Gasteiger partial charge in [-0.15, -0.1) is 37.2 Å². The van der Waals surface area contributed by atoms with Crippen molar-refractivity contribution in [2.45, 2.75) is 6.42 Å². The predicted molar refractivity (Wildman–Crippen MR) is 123 cm³/mol. The highest BCUT2D eigenvalue weighted by molar-refractivity contribution is 6.18. The summed E-state index contributed by atoms with van der Waals surface area (Å²) in [6, 6.07) is 13.0. The first-order valence-electron chi connectivity index (χ1n) is 8.95. The Kier molecular flexibility index (Phi) is 9.32. The highest BCUT2D eigenvalue weighted by atomic mass is 35.5. The van der Waals surface area contributed by atoms with Gasteiger partial charge in [0.25, 0.3) is 0 Å². The van der Waals surface area contributed by atoms with Crippen molar-refractivity contribution < 1.29 is 0 Å². The maximum Gasteiger partial charge on any atom is 0.137 e. The number of halogens is 3. The molecule has 4 rings (SSSR count). The Hall–Kier alpha value is -1.04. The Balaban J connectivity index is 0.00000121. The molecule has 0 unspecified atom stereocenters. The average Bonchev–Trinajstić information content (AvgIpc) is 2.97. The van der Waals surface area contributed by atoms with Gasteiger partial charge in [0.05, 0.1) is 5.69 Å². The van der Waals surface area contributed by atoms with Crippen molar-refractivity contribution >= 4 is 59.5 Å². The van der Waals surface area contributed by atoms with Crippen molar-refractivity contribution in [3.8, 4) is 0 Å². The second-order valence-electron chi connectivity index (χ2n) is 7.10. The lowest BCUT2D eigenvalue weighted by Crippen LogP contribution is -2.49. The molecule has 0 radical (unpaired) electrons. The molecule has 0 bridgehead atoms. The van der Waals surface area contributed by atoms with E-state index >= 15 is 0 Å². The van der Waals surface area contributed by atoms with E-state index in [0.29, 0.717) is 0 Å². The monoisotopic (exact) mass is 430 g/mol. The largest absolute Gasteiger partial charge is 0.354 e. The fraction of sp³-hybridized carbons (Fsp3) is 0.450. The van der Waals surface area contributed by atoms with Gasteiger partial charge in [0, 0.05) is 37.1 Å². The van der Waals surface area contributed by atoms with Crippen molar-refractivity contribution in [2.75, 3.05) is 53.4 Å². The topological polar surface area (TPSA) is 22.1 Å². The molecule has 150 valence electrons. The number of hydrogen-bond donors (Lipinski definition) is 0. The summed E-state index contributed by atoms with van der Waals surface area (Å²) in [4.78, 5) is 12.3. The first-order chi connectivity index (χ1) is 11.7. The molecule has 2 aromatic rings. The van der Waals surface area contributed by atoms with Crippen LogP contribution in [0, 0.1) is 0 Å². The summed E-state index contributed by atoms with van der Waals surface area (Å²) in [5, 5.41) is 2.62. The Morgan fingerprint density at radius 3 is 2.26 bits per heavy atom. The summed E-state index contributed by atoms with van der Waals surface area (Å²) in [5.41, 5.74) is 2.44. The summed E-state index contributed by atoms with van der Waals surface area (Å²) >= 11 is 0. The number of rotatable bonds is 4. The first kappa shape index (κ1) is 24.0. The molecule has 0 atom stereocenters. The van der Waals surface area contributed by atoms with Gasteiger partial charge < -0.3 is 9.80 Å². The molecule has 0 N–H and O–H groups in total. The third kappa shape index (κ3) is 5.07. The summed E-state index contributed by atoms with van der Waals surface area (Å²) in [6.07, 6.45) is 1.25. The lowest BCUT2D eigenvalue weighted by molar-refractivity contribution is 0.176. The molecule has 1 fully saturated rings. The number of nitrogens with zero attached hydrogens (tertiary/aromatic N) is 4. The second-order valence-corrected chi connectivity index (χ2v) is 7.10. The Labute approximate surface area is 180 Å². The van der Waals surface area contributed by atoms with Crippen LogP contribution in [0.2, 0.25) is 0 Å². The number of amidine groups is 1. The van der Waals surface area contributed by atoms with E-state index in [9.17, 15) is 0 Å². The molecular formula is C20H29Cl3N4. The zero-order valence-corrected chi connectivity index (χ0v) is 18.4. The van der Waals surface area contributed by atoms with Crippen LogP contribution in [0.15, 0.2) is 41.4 Å². The molecule has 2 aliphatic rings. The summed E-state index contributed by atoms with van der Waals surface area (Å²) in [5.74, 6) is 1.18. The highest BCUT2D eigenvalue weighted by Gasteiger charge is 2.25. The van der Waals surface area contributed by atoms with Crippen molar-refractivity contribution in [1.29, 1.82) is 0 Å². The SMILES string of the molecule is CN(C)CCCN1CCN(C2=Nc3cccc4cccc2c34)CC1.Cl.Cl.Cl. The van der Waals surface area contributed by atoms with Gasteiger partial charge in [-0.25, -0.2) is 4.99 Å². The fourth-order valence-corrected chi connectivity index (χ4v) is 3.81. The highest BCUT2D eigenvalue weighted by Crippen LogP contribution is 2.36. The van der Waals surface area contributed by atoms with Crippen LogP contribution in [0.1, 0.15) is 12.0 Å². The van der Waals surface area contributed by atoms with Gasteiger partial charge in [0.2, 0.25) is 0 Å². The number of aliphatic imine (C=N–C) groups is 1. The summed E-state index contributed by atoms with van der Waals surface area (Å²) in [6.45, 7) is 6.80. The molecule has 4 nitrogen and oxygen atoms in total. The lowest BCUT2D eigenvalue weighted by Gasteiger charge is -2.36. The lowest BCUT2D eigenvalue weighted by atomic mass is 10.0. The quantitative estimate of drug-likeness (QED) is 0.728. The maximum absolute atomic E-state index is 4.95. The zero-order valence-electron chi connectivity index (χ0n) is 15.9. The van der Waals surface area contributed by atoms with Gasteiger partial charge in [-0.2, -0.15) is 0 Å². The van der Waals surface area contributed by atoms with E-state index in [1.54, 1.807) is 0 Å². The van der Waals surface area contributed by atoms with Crippen LogP contribution >= 0.6 is 37.2 Å². The number of piperazine rings is 1. The molecule has 0 amide bonds. The van der Waals surface area contributed by atoms with Crippen LogP contribution in [0.4, 0.5) is 5.69 Å². The number of benzene rings is 2. The van der Waals surface area contributed by atoms with Crippen molar-refractivity contribution in [3.05, 3.63) is 42.0 Å². The standard InChI is InChI=1S/C20H26N4.3ClH/c1-22(2)10-5-11-23-12-14-24(15-13-23)20-17-8-3-6-16-7-4-9-18(21-20)19(16)17;;;/h3-4,6-9H,5,10-15H2,1-2H3;3*1H. The van der Waals surface area contributed by atoms with Gasteiger partial charge in [0.15, 0.2) is 0 Å². The molecule has 2 aliphatic heterocycles.